The highest BCUT2D eigenvalue weighted by Gasteiger charge is 2.21. The standard InChI is InChI=1S/C7H7ClN2OS/c1-7(2,10-4-11)5-3-9-6(8)12-5/h3H,1-2H3. The van der Waals surface area contributed by atoms with Gasteiger partial charge in [-0.2, -0.15) is 4.99 Å². The van der Waals surface area contributed by atoms with Crippen LogP contribution in [0.2, 0.25) is 4.47 Å². The van der Waals surface area contributed by atoms with Crippen molar-refractivity contribution in [1.82, 2.24) is 4.98 Å². The summed E-state index contributed by atoms with van der Waals surface area (Å²) in [4.78, 5) is 18.4. The summed E-state index contributed by atoms with van der Waals surface area (Å²) in [5.41, 5.74) is -0.563. The second-order valence-corrected chi connectivity index (χ2v) is 4.35. The highest BCUT2D eigenvalue weighted by molar-refractivity contribution is 7.15. The van der Waals surface area contributed by atoms with E-state index in [2.05, 4.69) is 9.98 Å². The number of halogens is 1. The summed E-state index contributed by atoms with van der Waals surface area (Å²) >= 11 is 6.95. The first kappa shape index (κ1) is 9.39. The fourth-order valence-corrected chi connectivity index (χ4v) is 1.69. The van der Waals surface area contributed by atoms with Crippen molar-refractivity contribution in [3.05, 3.63) is 15.5 Å². The summed E-state index contributed by atoms with van der Waals surface area (Å²) in [7, 11) is 0. The fourth-order valence-electron chi connectivity index (χ4n) is 0.705. The van der Waals surface area contributed by atoms with E-state index in [1.165, 1.54) is 17.4 Å². The van der Waals surface area contributed by atoms with E-state index in [1.807, 2.05) is 13.8 Å². The zero-order valence-electron chi connectivity index (χ0n) is 6.67. The first-order valence-electron chi connectivity index (χ1n) is 3.27. The van der Waals surface area contributed by atoms with E-state index < -0.39 is 5.54 Å². The minimum Gasteiger partial charge on any atom is -0.233 e. The third-order valence-corrected chi connectivity index (χ3v) is 2.83. The van der Waals surface area contributed by atoms with Crippen molar-refractivity contribution in [1.29, 1.82) is 0 Å². The molecule has 1 aromatic rings. The highest BCUT2D eigenvalue weighted by atomic mass is 35.5. The topological polar surface area (TPSA) is 42.3 Å². The number of aromatic nitrogens is 1. The zero-order valence-corrected chi connectivity index (χ0v) is 8.24. The number of aliphatic imine (C=N–C) groups is 1. The van der Waals surface area contributed by atoms with Crippen LogP contribution in [0, 0.1) is 0 Å². The van der Waals surface area contributed by atoms with E-state index in [0.29, 0.717) is 4.47 Å². The number of hydrogen-bond acceptors (Lipinski definition) is 4. The number of rotatable bonds is 2. The number of nitrogens with zero attached hydrogens (tertiary/aromatic N) is 2. The van der Waals surface area contributed by atoms with Crippen LogP contribution in [0.15, 0.2) is 11.2 Å². The maximum absolute atomic E-state index is 10.1. The molecule has 0 radical (unpaired) electrons. The number of hydrogen-bond donors (Lipinski definition) is 0. The van der Waals surface area contributed by atoms with Gasteiger partial charge in [0.05, 0.1) is 4.88 Å². The van der Waals surface area contributed by atoms with E-state index in [4.69, 9.17) is 11.6 Å². The van der Waals surface area contributed by atoms with E-state index in [-0.39, 0.29) is 0 Å². The Kier molecular flexibility index (Phi) is 2.62. The van der Waals surface area contributed by atoms with Crippen molar-refractivity contribution in [3.8, 4) is 0 Å². The average Bonchev–Trinajstić information content (AvgIpc) is 2.36. The van der Waals surface area contributed by atoms with Gasteiger partial charge in [-0.25, -0.2) is 9.78 Å². The van der Waals surface area contributed by atoms with Crippen molar-refractivity contribution >= 4 is 29.0 Å². The van der Waals surface area contributed by atoms with Crippen LogP contribution in [0.3, 0.4) is 0 Å². The summed E-state index contributed by atoms with van der Waals surface area (Å²) in [5.74, 6) is 0. The van der Waals surface area contributed by atoms with Gasteiger partial charge in [0.25, 0.3) is 0 Å². The predicted molar refractivity (Wildman–Crippen MR) is 48.3 cm³/mol. The normalized spacial score (nSPS) is 10.9. The molecule has 0 saturated heterocycles. The molecule has 3 nitrogen and oxygen atoms in total. The molecule has 0 N–H and O–H groups in total. The minimum absolute atomic E-state index is 0.458. The molecule has 0 aliphatic heterocycles. The maximum Gasteiger partial charge on any atom is 0.235 e. The Bertz CT molecular complexity index is 328. The van der Waals surface area contributed by atoms with E-state index >= 15 is 0 Å². The van der Waals surface area contributed by atoms with Gasteiger partial charge in [0.2, 0.25) is 6.08 Å². The molecule has 0 spiro atoms. The lowest BCUT2D eigenvalue weighted by molar-refractivity contribution is 0.528. The molecule has 5 heteroatoms. The third kappa shape index (κ3) is 1.91. The van der Waals surface area contributed by atoms with Crippen LogP contribution in [-0.4, -0.2) is 11.1 Å². The number of thiazole rings is 1. The summed E-state index contributed by atoms with van der Waals surface area (Å²) in [6, 6.07) is 0. The van der Waals surface area contributed by atoms with Crippen LogP contribution in [0.1, 0.15) is 18.7 Å². The summed E-state index contributed by atoms with van der Waals surface area (Å²) < 4.78 is 0.458. The Hall–Kier alpha value is -0.700. The Morgan fingerprint density at radius 1 is 1.75 bits per heavy atom. The quantitative estimate of drug-likeness (QED) is 0.546. The number of carbonyl (C=O) groups excluding carboxylic acids is 1. The fraction of sp³-hybridized carbons (Fsp3) is 0.429. The van der Waals surface area contributed by atoms with Gasteiger partial charge >= 0.3 is 0 Å². The second kappa shape index (κ2) is 3.35. The first-order valence-corrected chi connectivity index (χ1v) is 4.46. The Morgan fingerprint density at radius 3 is 2.83 bits per heavy atom. The molecule has 0 unspecified atom stereocenters. The Balaban J connectivity index is 3.04. The highest BCUT2D eigenvalue weighted by Crippen LogP contribution is 2.30. The summed E-state index contributed by atoms with van der Waals surface area (Å²) in [6.45, 7) is 3.61. The largest absolute Gasteiger partial charge is 0.235 e. The molecule has 0 aliphatic rings. The summed E-state index contributed by atoms with van der Waals surface area (Å²) in [6.07, 6.45) is 3.15. The molecule has 64 valence electrons. The molecule has 0 bridgehead atoms. The second-order valence-electron chi connectivity index (χ2n) is 2.74. The Morgan fingerprint density at radius 2 is 2.42 bits per heavy atom. The van der Waals surface area contributed by atoms with Gasteiger partial charge in [-0.1, -0.05) is 11.6 Å². The van der Waals surface area contributed by atoms with E-state index in [0.717, 1.165) is 4.88 Å². The van der Waals surface area contributed by atoms with E-state index in [9.17, 15) is 4.79 Å². The molecule has 0 aromatic carbocycles. The molecule has 1 aromatic heterocycles. The van der Waals surface area contributed by atoms with Crippen LogP contribution in [0.25, 0.3) is 0 Å². The lowest BCUT2D eigenvalue weighted by Crippen LogP contribution is -2.10. The molecular weight excluding hydrogens is 196 g/mol. The van der Waals surface area contributed by atoms with Gasteiger partial charge in [0.1, 0.15) is 5.54 Å². The van der Waals surface area contributed by atoms with Crippen LogP contribution in [-0.2, 0) is 10.3 Å². The first-order chi connectivity index (χ1) is 5.56. The smallest absolute Gasteiger partial charge is 0.233 e. The molecular formula is C7H7ClN2OS. The molecule has 1 rings (SSSR count). The lowest BCUT2D eigenvalue weighted by atomic mass is 10.1. The SMILES string of the molecule is CC(C)(N=C=O)c1cnc(Cl)s1. The predicted octanol–water partition coefficient (Wildman–Crippen LogP) is 2.37. The molecule has 12 heavy (non-hydrogen) atoms. The van der Waals surface area contributed by atoms with Crippen molar-refractivity contribution < 1.29 is 4.79 Å². The maximum atomic E-state index is 10.1. The van der Waals surface area contributed by atoms with Crippen molar-refractivity contribution in [3.63, 3.8) is 0 Å². The average molecular weight is 203 g/mol. The number of isocyanates is 1. The monoisotopic (exact) mass is 202 g/mol. The van der Waals surface area contributed by atoms with Crippen molar-refractivity contribution in [2.75, 3.05) is 0 Å². The molecule has 0 amide bonds. The van der Waals surface area contributed by atoms with Gasteiger partial charge in [-0.05, 0) is 13.8 Å². The zero-order chi connectivity index (χ0) is 9.19. The van der Waals surface area contributed by atoms with Crippen LogP contribution < -0.4 is 0 Å². The van der Waals surface area contributed by atoms with Gasteiger partial charge in [0.15, 0.2) is 4.47 Å². The molecule has 0 aliphatic carbocycles. The van der Waals surface area contributed by atoms with Crippen LogP contribution in [0.5, 0.6) is 0 Å². The van der Waals surface area contributed by atoms with Gasteiger partial charge < -0.3 is 0 Å². The van der Waals surface area contributed by atoms with Crippen molar-refractivity contribution in [2.45, 2.75) is 19.4 Å². The molecule has 0 fully saturated rings. The van der Waals surface area contributed by atoms with Gasteiger partial charge in [-0.3, -0.25) is 0 Å². The molecule has 0 atom stereocenters. The van der Waals surface area contributed by atoms with Crippen LogP contribution in [0.4, 0.5) is 0 Å². The lowest BCUT2D eigenvalue weighted by Gasteiger charge is -2.13. The molecule has 0 saturated carbocycles. The van der Waals surface area contributed by atoms with E-state index in [1.54, 1.807) is 6.20 Å². The third-order valence-electron chi connectivity index (χ3n) is 1.41. The minimum atomic E-state index is -0.563. The van der Waals surface area contributed by atoms with Gasteiger partial charge in [0, 0.05) is 6.20 Å². The Labute approximate surface area is 79.1 Å². The summed E-state index contributed by atoms with van der Waals surface area (Å²) in [5, 5.41) is 0. The van der Waals surface area contributed by atoms with Crippen LogP contribution >= 0.6 is 22.9 Å². The van der Waals surface area contributed by atoms with Gasteiger partial charge in [-0.15, -0.1) is 11.3 Å². The molecule has 1 heterocycles. The van der Waals surface area contributed by atoms with Crippen molar-refractivity contribution in [2.24, 2.45) is 4.99 Å².